The fraction of sp³-hybridized carbons (Fsp3) is 0.500. The lowest BCUT2D eigenvalue weighted by Crippen LogP contribution is -2.14. The van der Waals surface area contributed by atoms with Gasteiger partial charge in [0.25, 0.3) is 0 Å². The molecule has 1 saturated heterocycles. The minimum Gasteiger partial charge on any atom is -0.465 e. The monoisotopic (exact) mass is 328 g/mol. The van der Waals surface area contributed by atoms with Crippen LogP contribution in [0.4, 0.5) is 0 Å². The summed E-state index contributed by atoms with van der Waals surface area (Å²) in [4.78, 5) is 11.4. The molecule has 0 radical (unpaired) electrons. The van der Waals surface area contributed by atoms with Crippen LogP contribution in [0, 0.1) is 0 Å². The number of methoxy groups -OCH3 is 1. The maximum atomic E-state index is 11.4. The Bertz CT molecular complexity index is 441. The molecule has 5 heteroatoms. The minimum atomic E-state index is -0.340. The van der Waals surface area contributed by atoms with E-state index in [1.54, 1.807) is 12.1 Å². The van der Waals surface area contributed by atoms with Crippen molar-refractivity contribution in [2.75, 3.05) is 20.3 Å². The van der Waals surface area contributed by atoms with Crippen LogP contribution in [0.1, 0.15) is 28.8 Å². The molecule has 4 nitrogen and oxygen atoms in total. The highest BCUT2D eigenvalue weighted by molar-refractivity contribution is 9.10. The van der Waals surface area contributed by atoms with Crippen LogP contribution in [-0.2, 0) is 20.8 Å². The Morgan fingerprint density at radius 3 is 3.00 bits per heavy atom. The van der Waals surface area contributed by atoms with Gasteiger partial charge >= 0.3 is 5.97 Å². The molecule has 0 N–H and O–H groups in total. The first-order valence-electron chi connectivity index (χ1n) is 6.27. The fourth-order valence-corrected chi connectivity index (χ4v) is 2.48. The molecule has 0 amide bonds. The van der Waals surface area contributed by atoms with Gasteiger partial charge in [0.05, 0.1) is 32.0 Å². The van der Waals surface area contributed by atoms with Crippen LogP contribution >= 0.6 is 15.9 Å². The third-order valence-electron chi connectivity index (χ3n) is 3.06. The molecule has 104 valence electrons. The molecule has 1 aliphatic rings. The molecule has 0 aliphatic carbocycles. The first kappa shape index (κ1) is 14.5. The topological polar surface area (TPSA) is 44.8 Å². The highest BCUT2D eigenvalue weighted by Gasteiger charge is 2.15. The van der Waals surface area contributed by atoms with Crippen molar-refractivity contribution < 1.29 is 19.0 Å². The van der Waals surface area contributed by atoms with Crippen molar-refractivity contribution in [3.63, 3.8) is 0 Å². The Labute approximate surface area is 121 Å². The summed E-state index contributed by atoms with van der Waals surface area (Å²) >= 11 is 3.44. The Hall–Kier alpha value is -0.910. The average molecular weight is 329 g/mol. The van der Waals surface area contributed by atoms with Gasteiger partial charge in [-0.15, -0.1) is 0 Å². The number of carbonyl (C=O) groups excluding carboxylic acids is 1. The molecule has 1 aromatic rings. The molecule has 1 fully saturated rings. The number of ether oxygens (including phenoxy) is 3. The van der Waals surface area contributed by atoms with Crippen molar-refractivity contribution in [2.45, 2.75) is 25.6 Å². The molecular weight excluding hydrogens is 312 g/mol. The van der Waals surface area contributed by atoms with E-state index in [0.717, 1.165) is 29.5 Å². The summed E-state index contributed by atoms with van der Waals surface area (Å²) in [6, 6.07) is 5.35. The Balaban J connectivity index is 1.87. The van der Waals surface area contributed by atoms with Crippen LogP contribution in [0.25, 0.3) is 0 Å². The zero-order chi connectivity index (χ0) is 13.7. The summed E-state index contributed by atoms with van der Waals surface area (Å²) in [5, 5.41) is 0. The zero-order valence-corrected chi connectivity index (χ0v) is 12.4. The maximum Gasteiger partial charge on any atom is 0.337 e. The van der Waals surface area contributed by atoms with Gasteiger partial charge in [-0.05, 0) is 30.5 Å². The fourth-order valence-electron chi connectivity index (χ4n) is 1.99. The van der Waals surface area contributed by atoms with Crippen LogP contribution < -0.4 is 0 Å². The van der Waals surface area contributed by atoms with E-state index in [4.69, 9.17) is 9.47 Å². The number of carbonyl (C=O) groups is 1. The van der Waals surface area contributed by atoms with E-state index in [0.29, 0.717) is 18.8 Å². The number of esters is 1. The molecule has 1 aliphatic heterocycles. The molecule has 1 atom stereocenters. The molecule has 1 unspecified atom stereocenters. The van der Waals surface area contributed by atoms with Gasteiger partial charge in [0.15, 0.2) is 0 Å². The summed E-state index contributed by atoms with van der Waals surface area (Å²) in [7, 11) is 1.37. The summed E-state index contributed by atoms with van der Waals surface area (Å²) in [5.41, 5.74) is 1.53. The van der Waals surface area contributed by atoms with Crippen LogP contribution in [0.2, 0.25) is 0 Å². The van der Waals surface area contributed by atoms with Crippen molar-refractivity contribution in [3.05, 3.63) is 33.8 Å². The number of hydrogen-bond donors (Lipinski definition) is 0. The van der Waals surface area contributed by atoms with Gasteiger partial charge in [-0.3, -0.25) is 0 Å². The summed E-state index contributed by atoms with van der Waals surface area (Å²) < 4.78 is 16.7. The van der Waals surface area contributed by atoms with E-state index in [1.165, 1.54) is 7.11 Å². The van der Waals surface area contributed by atoms with Crippen molar-refractivity contribution >= 4 is 21.9 Å². The maximum absolute atomic E-state index is 11.4. The number of rotatable bonds is 5. The highest BCUT2D eigenvalue weighted by atomic mass is 79.9. The second-order valence-electron chi connectivity index (χ2n) is 4.45. The first-order chi connectivity index (χ1) is 9.20. The Morgan fingerprint density at radius 2 is 2.37 bits per heavy atom. The second kappa shape index (κ2) is 7.03. The van der Waals surface area contributed by atoms with E-state index in [1.807, 2.05) is 6.07 Å². The van der Waals surface area contributed by atoms with Crippen molar-refractivity contribution in [3.8, 4) is 0 Å². The van der Waals surface area contributed by atoms with Crippen LogP contribution in [0.15, 0.2) is 22.7 Å². The lowest BCUT2D eigenvalue weighted by Gasteiger charge is -2.11. The van der Waals surface area contributed by atoms with Gasteiger partial charge in [-0.25, -0.2) is 4.79 Å². The minimum absolute atomic E-state index is 0.230. The predicted octanol–water partition coefficient (Wildman–Crippen LogP) is 2.93. The van der Waals surface area contributed by atoms with Gasteiger partial charge in [0, 0.05) is 11.1 Å². The van der Waals surface area contributed by atoms with E-state index < -0.39 is 0 Å². The second-order valence-corrected chi connectivity index (χ2v) is 5.30. The standard InChI is InChI=1S/C14H17BrO4/c1-17-14(16)10-4-5-11(13(15)7-10)8-18-9-12-3-2-6-19-12/h4-5,7,12H,2-3,6,8-9H2,1H3. The summed E-state index contributed by atoms with van der Waals surface area (Å²) in [6.45, 7) is 1.96. The van der Waals surface area contributed by atoms with E-state index >= 15 is 0 Å². The summed E-state index contributed by atoms with van der Waals surface area (Å²) in [6.07, 6.45) is 2.42. The number of hydrogen-bond acceptors (Lipinski definition) is 4. The Kier molecular flexibility index (Phi) is 5.36. The predicted molar refractivity (Wildman–Crippen MR) is 74.1 cm³/mol. The summed E-state index contributed by atoms with van der Waals surface area (Å²) in [5.74, 6) is -0.340. The first-order valence-corrected chi connectivity index (χ1v) is 7.06. The van der Waals surface area contributed by atoms with E-state index in [2.05, 4.69) is 20.7 Å². The van der Waals surface area contributed by atoms with Crippen molar-refractivity contribution in [1.82, 2.24) is 0 Å². The van der Waals surface area contributed by atoms with Crippen LogP contribution in [0.5, 0.6) is 0 Å². The van der Waals surface area contributed by atoms with Crippen molar-refractivity contribution in [2.24, 2.45) is 0 Å². The SMILES string of the molecule is COC(=O)c1ccc(COCC2CCCO2)c(Br)c1. The number of halogens is 1. The van der Waals surface area contributed by atoms with E-state index in [-0.39, 0.29) is 12.1 Å². The molecule has 1 heterocycles. The Morgan fingerprint density at radius 1 is 1.53 bits per heavy atom. The smallest absolute Gasteiger partial charge is 0.337 e. The molecule has 1 aromatic carbocycles. The van der Waals surface area contributed by atoms with Gasteiger partial charge in [0.1, 0.15) is 0 Å². The average Bonchev–Trinajstić information content (AvgIpc) is 2.93. The van der Waals surface area contributed by atoms with Crippen LogP contribution in [0.3, 0.4) is 0 Å². The molecule has 0 spiro atoms. The van der Waals surface area contributed by atoms with Crippen molar-refractivity contribution in [1.29, 1.82) is 0 Å². The molecule has 0 saturated carbocycles. The molecular formula is C14H17BrO4. The third-order valence-corrected chi connectivity index (χ3v) is 3.80. The zero-order valence-electron chi connectivity index (χ0n) is 10.9. The lowest BCUT2D eigenvalue weighted by molar-refractivity contribution is 0.0104. The molecule has 2 rings (SSSR count). The quantitative estimate of drug-likeness (QED) is 0.779. The third kappa shape index (κ3) is 4.03. The van der Waals surface area contributed by atoms with E-state index in [9.17, 15) is 4.79 Å². The van der Waals surface area contributed by atoms with Gasteiger partial charge in [-0.1, -0.05) is 22.0 Å². The molecule has 19 heavy (non-hydrogen) atoms. The lowest BCUT2D eigenvalue weighted by atomic mass is 10.1. The molecule has 0 aromatic heterocycles. The largest absolute Gasteiger partial charge is 0.465 e. The molecule has 0 bridgehead atoms. The highest BCUT2D eigenvalue weighted by Crippen LogP contribution is 2.21. The number of benzene rings is 1. The van der Waals surface area contributed by atoms with Gasteiger partial charge < -0.3 is 14.2 Å². The van der Waals surface area contributed by atoms with Gasteiger partial charge in [-0.2, -0.15) is 0 Å². The van der Waals surface area contributed by atoms with Crippen LogP contribution in [-0.4, -0.2) is 32.4 Å². The van der Waals surface area contributed by atoms with Gasteiger partial charge in [0.2, 0.25) is 0 Å². The normalized spacial score (nSPS) is 18.5.